The highest BCUT2D eigenvalue weighted by atomic mass is 19.1. The summed E-state index contributed by atoms with van der Waals surface area (Å²) >= 11 is 0. The van der Waals surface area contributed by atoms with Crippen molar-refractivity contribution < 1.29 is 13.6 Å². The highest BCUT2D eigenvalue weighted by Crippen LogP contribution is 2.38. The summed E-state index contributed by atoms with van der Waals surface area (Å²) in [5.41, 5.74) is 0.846. The molecule has 1 amide bonds. The zero-order valence-corrected chi connectivity index (χ0v) is 20.2. The van der Waals surface area contributed by atoms with Crippen molar-refractivity contribution in [1.82, 2.24) is 19.6 Å². The van der Waals surface area contributed by atoms with Gasteiger partial charge in [0.25, 0.3) is 11.5 Å². The molecule has 2 aromatic heterocycles. The van der Waals surface area contributed by atoms with E-state index in [-0.39, 0.29) is 11.7 Å². The van der Waals surface area contributed by atoms with Gasteiger partial charge in [-0.15, -0.1) is 0 Å². The third-order valence-corrected chi connectivity index (χ3v) is 6.41. The van der Waals surface area contributed by atoms with Gasteiger partial charge in [0.2, 0.25) is 0 Å². The van der Waals surface area contributed by atoms with Gasteiger partial charge in [0.15, 0.2) is 11.6 Å². The lowest BCUT2D eigenvalue weighted by Gasteiger charge is -2.23. The van der Waals surface area contributed by atoms with Crippen LogP contribution in [0.1, 0.15) is 43.7 Å². The molecule has 0 spiro atoms. The molecular weight excluding hydrogens is 466 g/mol. The molecule has 1 aliphatic rings. The fraction of sp³-hybridized carbons (Fsp3) is 0.308. The van der Waals surface area contributed by atoms with E-state index < -0.39 is 28.8 Å². The first-order valence-electron chi connectivity index (χ1n) is 11.9. The Morgan fingerprint density at radius 1 is 1.08 bits per heavy atom. The lowest BCUT2D eigenvalue weighted by Crippen LogP contribution is -2.27. The number of aromatic nitrogens is 4. The molecule has 4 aromatic rings. The second kappa shape index (κ2) is 9.18. The van der Waals surface area contributed by atoms with Crippen molar-refractivity contribution in [2.24, 2.45) is 5.92 Å². The van der Waals surface area contributed by atoms with E-state index in [4.69, 9.17) is 0 Å². The lowest BCUT2D eigenvalue weighted by molar-refractivity contribution is 0.102. The maximum Gasteiger partial charge on any atom is 0.276 e. The van der Waals surface area contributed by atoms with Crippen LogP contribution in [0.3, 0.4) is 0 Å². The molecule has 1 aliphatic heterocycles. The smallest absolute Gasteiger partial charge is 0.276 e. The molecule has 0 saturated carbocycles. The van der Waals surface area contributed by atoms with Crippen molar-refractivity contribution >= 4 is 28.2 Å². The van der Waals surface area contributed by atoms with Crippen LogP contribution in [0.2, 0.25) is 0 Å². The molecule has 0 bridgehead atoms. The number of hydrogen-bond donors (Lipinski definition) is 1. The molecule has 10 heteroatoms. The van der Waals surface area contributed by atoms with Crippen LogP contribution in [0, 0.1) is 17.6 Å². The minimum atomic E-state index is -0.958. The van der Waals surface area contributed by atoms with Gasteiger partial charge in [0, 0.05) is 30.6 Å². The molecule has 8 nitrogen and oxygen atoms in total. The fourth-order valence-electron chi connectivity index (χ4n) is 4.67. The van der Waals surface area contributed by atoms with Crippen LogP contribution in [-0.4, -0.2) is 38.6 Å². The molecule has 0 radical (unpaired) electrons. The van der Waals surface area contributed by atoms with Crippen LogP contribution in [0.5, 0.6) is 0 Å². The highest BCUT2D eigenvalue weighted by molar-refractivity contribution is 6.08. The summed E-state index contributed by atoms with van der Waals surface area (Å²) in [6.07, 6.45) is 2.84. The Kier molecular flexibility index (Phi) is 6.03. The molecule has 36 heavy (non-hydrogen) atoms. The zero-order valence-electron chi connectivity index (χ0n) is 20.2. The van der Waals surface area contributed by atoms with E-state index in [0.717, 1.165) is 54.3 Å². The van der Waals surface area contributed by atoms with E-state index in [1.165, 1.54) is 12.1 Å². The number of anilines is 2. The van der Waals surface area contributed by atoms with Crippen molar-refractivity contribution in [3.05, 3.63) is 76.3 Å². The van der Waals surface area contributed by atoms with Crippen molar-refractivity contribution in [1.29, 1.82) is 0 Å². The average Bonchev–Trinajstić information content (AvgIpc) is 3.46. The lowest BCUT2D eigenvalue weighted by atomic mass is 10.1. The van der Waals surface area contributed by atoms with Gasteiger partial charge in [0.05, 0.1) is 23.1 Å². The van der Waals surface area contributed by atoms with Crippen molar-refractivity contribution in [2.75, 3.05) is 23.3 Å². The Morgan fingerprint density at radius 2 is 1.83 bits per heavy atom. The Morgan fingerprint density at radius 3 is 2.50 bits per heavy atom. The van der Waals surface area contributed by atoms with Gasteiger partial charge in [0.1, 0.15) is 11.4 Å². The number of amides is 1. The number of carbonyl (C=O) groups excluding carboxylic acids is 1. The Hall–Kier alpha value is -4.08. The molecular formula is C26H26F2N6O2. The van der Waals surface area contributed by atoms with Crippen molar-refractivity contribution in [3.63, 3.8) is 0 Å². The minimum Gasteiger partial charge on any atom is -0.369 e. The number of halogens is 2. The van der Waals surface area contributed by atoms with E-state index in [1.54, 1.807) is 0 Å². The Labute approximate surface area is 206 Å². The van der Waals surface area contributed by atoms with E-state index in [0.29, 0.717) is 16.3 Å². The first kappa shape index (κ1) is 23.7. The van der Waals surface area contributed by atoms with E-state index in [1.807, 2.05) is 23.0 Å². The maximum atomic E-state index is 14.3. The van der Waals surface area contributed by atoms with Crippen LogP contribution < -0.4 is 15.8 Å². The Balaban J connectivity index is 1.56. The monoisotopic (exact) mass is 492 g/mol. The highest BCUT2D eigenvalue weighted by Gasteiger charge is 2.26. The number of rotatable bonds is 5. The van der Waals surface area contributed by atoms with Gasteiger partial charge in [-0.25, -0.2) is 8.78 Å². The quantitative estimate of drug-likeness (QED) is 0.442. The van der Waals surface area contributed by atoms with Gasteiger partial charge in [-0.3, -0.25) is 14.3 Å². The molecule has 186 valence electrons. The molecule has 0 unspecified atom stereocenters. The van der Waals surface area contributed by atoms with Gasteiger partial charge in [-0.05, 0) is 56.5 Å². The van der Waals surface area contributed by atoms with Gasteiger partial charge in [-0.1, -0.05) is 13.0 Å². The first-order chi connectivity index (χ1) is 17.2. The van der Waals surface area contributed by atoms with Gasteiger partial charge < -0.3 is 10.2 Å². The molecule has 0 aliphatic carbocycles. The number of para-hydroxylation sites is 1. The predicted molar refractivity (Wildman–Crippen MR) is 134 cm³/mol. The zero-order chi connectivity index (χ0) is 25.6. The predicted octanol–water partition coefficient (Wildman–Crippen LogP) is 4.54. The van der Waals surface area contributed by atoms with E-state index in [9.17, 15) is 18.4 Å². The summed E-state index contributed by atoms with van der Waals surface area (Å²) < 4.78 is 31.1. The molecule has 1 N–H and O–H groups in total. The number of carbonyl (C=O) groups is 1. The largest absolute Gasteiger partial charge is 0.369 e. The average molecular weight is 493 g/mol. The van der Waals surface area contributed by atoms with Crippen LogP contribution >= 0.6 is 0 Å². The number of nitrogens with one attached hydrogen (secondary N) is 1. The fourth-order valence-corrected chi connectivity index (χ4v) is 4.67. The van der Waals surface area contributed by atoms with Crippen LogP contribution in [0.4, 0.5) is 20.2 Å². The molecule has 3 heterocycles. The summed E-state index contributed by atoms with van der Waals surface area (Å²) in [7, 11) is 0. The second-order valence-corrected chi connectivity index (χ2v) is 9.41. The summed E-state index contributed by atoms with van der Waals surface area (Å²) in [5.74, 6) is -2.02. The summed E-state index contributed by atoms with van der Waals surface area (Å²) in [6, 6.07) is 9.43. The van der Waals surface area contributed by atoms with E-state index in [2.05, 4.69) is 41.2 Å². The summed E-state index contributed by atoms with van der Waals surface area (Å²) in [5, 5.41) is 12.3. The third-order valence-electron chi connectivity index (χ3n) is 6.41. The van der Waals surface area contributed by atoms with Crippen LogP contribution in [0.15, 0.2) is 53.5 Å². The second-order valence-electron chi connectivity index (χ2n) is 9.41. The number of hydrogen-bond acceptors (Lipinski definition) is 5. The van der Waals surface area contributed by atoms with Crippen molar-refractivity contribution in [3.8, 4) is 5.69 Å². The van der Waals surface area contributed by atoms with Crippen molar-refractivity contribution in [2.45, 2.75) is 33.2 Å². The molecule has 1 saturated heterocycles. The topological polar surface area (TPSA) is 85.0 Å². The van der Waals surface area contributed by atoms with Crippen LogP contribution in [-0.2, 0) is 0 Å². The Bertz CT molecular complexity index is 1510. The van der Waals surface area contributed by atoms with Gasteiger partial charge >= 0.3 is 0 Å². The molecule has 5 rings (SSSR count). The molecule has 2 aromatic carbocycles. The minimum absolute atomic E-state index is 0.157. The van der Waals surface area contributed by atoms with Crippen LogP contribution in [0.25, 0.3) is 16.6 Å². The number of nitrogens with zero attached hydrogens (tertiary/aromatic N) is 5. The third kappa shape index (κ3) is 4.12. The summed E-state index contributed by atoms with van der Waals surface area (Å²) in [6.45, 7) is 7.97. The maximum absolute atomic E-state index is 14.3. The first-order valence-corrected chi connectivity index (χ1v) is 11.9. The normalized spacial score (nSPS) is 15.7. The molecule has 1 atom stereocenters. The molecule has 1 fully saturated rings. The number of fused-ring (bicyclic) bond motifs is 1. The SMILES string of the molecule is CC(C)n1ncc2c(N3CC[C@@H](C)C3)c(NC(=O)c3ccc(=O)n(-c4c(F)cccc4F)n3)ccc21. The van der Waals surface area contributed by atoms with Gasteiger partial charge in [-0.2, -0.15) is 14.9 Å². The standard InChI is InChI=1S/C26H26F2N6O2/c1-15(2)33-22-9-7-20(24(17(22)13-29-33)32-12-11-16(3)14-32)30-26(36)21-8-10-23(35)34(31-21)25-18(27)5-4-6-19(25)28/h4-10,13,15-16H,11-12,14H2,1-3H3,(H,30,36)/t16-/m1/s1. The summed E-state index contributed by atoms with van der Waals surface area (Å²) in [4.78, 5) is 27.8. The number of benzene rings is 2. The van der Waals surface area contributed by atoms with E-state index >= 15 is 0 Å².